The molecule has 0 radical (unpaired) electrons. The maximum Gasteiger partial charge on any atom is 0.283 e. The first kappa shape index (κ1) is 23.6. The minimum atomic E-state index is -3.81. The van der Waals surface area contributed by atoms with Gasteiger partial charge >= 0.3 is 0 Å². The quantitative estimate of drug-likeness (QED) is 0.654. The molecule has 0 unspecified atom stereocenters. The van der Waals surface area contributed by atoms with E-state index in [2.05, 4.69) is 14.8 Å². The Morgan fingerprint density at radius 2 is 1.74 bits per heavy atom. The molecule has 2 aromatic rings. The van der Waals surface area contributed by atoms with Crippen LogP contribution in [0.5, 0.6) is 0 Å². The molecule has 0 spiro atoms. The van der Waals surface area contributed by atoms with E-state index in [0.717, 1.165) is 24.2 Å². The number of amidine groups is 1. The highest BCUT2D eigenvalue weighted by Crippen LogP contribution is 2.20. The monoisotopic (exact) mass is 481 g/mol. The maximum absolute atomic E-state index is 12.5. The Hall–Kier alpha value is -3.53. The minimum absolute atomic E-state index is 0.00552. The molecule has 2 heterocycles. The summed E-state index contributed by atoms with van der Waals surface area (Å²) in [5.41, 5.74) is 2.30. The predicted molar refractivity (Wildman–Crippen MR) is 130 cm³/mol. The molecular weight excluding hydrogens is 454 g/mol. The van der Waals surface area contributed by atoms with E-state index < -0.39 is 10.0 Å². The van der Waals surface area contributed by atoms with Gasteiger partial charge in [-0.05, 0) is 36.2 Å². The number of carbonyl (C=O) groups excluding carboxylic acids is 2. The summed E-state index contributed by atoms with van der Waals surface area (Å²) < 4.78 is 29.0. The van der Waals surface area contributed by atoms with E-state index in [1.807, 2.05) is 42.3 Å². The molecular formula is C24H27N5O4S. The van der Waals surface area contributed by atoms with E-state index in [-0.39, 0.29) is 29.6 Å². The summed E-state index contributed by atoms with van der Waals surface area (Å²) in [5, 5.41) is 8.50. The summed E-state index contributed by atoms with van der Waals surface area (Å²) in [4.78, 5) is 26.7. The van der Waals surface area contributed by atoms with Gasteiger partial charge in [0.15, 0.2) is 0 Å². The molecule has 1 fully saturated rings. The zero-order valence-corrected chi connectivity index (χ0v) is 19.8. The van der Waals surface area contributed by atoms with Gasteiger partial charge < -0.3 is 10.2 Å². The van der Waals surface area contributed by atoms with Crippen molar-refractivity contribution in [2.75, 3.05) is 25.5 Å². The number of hydrazone groups is 1. The van der Waals surface area contributed by atoms with Crippen LogP contribution in [0.1, 0.15) is 37.7 Å². The highest BCUT2D eigenvalue weighted by Gasteiger charge is 2.22. The molecule has 2 aliphatic heterocycles. The average Bonchev–Trinajstić information content (AvgIpc) is 3.48. The van der Waals surface area contributed by atoms with Crippen LogP contribution in [-0.4, -0.2) is 61.8 Å². The lowest BCUT2D eigenvalue weighted by Gasteiger charge is -2.12. The van der Waals surface area contributed by atoms with Crippen molar-refractivity contribution < 1.29 is 18.0 Å². The maximum atomic E-state index is 12.5. The molecule has 10 heteroatoms. The summed E-state index contributed by atoms with van der Waals surface area (Å²) >= 11 is 0. The molecule has 1 N–H and O–H groups in total. The van der Waals surface area contributed by atoms with Crippen molar-refractivity contribution in [2.24, 2.45) is 9.50 Å². The second-order valence-corrected chi connectivity index (χ2v) is 9.86. The Balaban J connectivity index is 1.29. The Bertz CT molecular complexity index is 1220. The molecule has 0 atom stereocenters. The van der Waals surface area contributed by atoms with Crippen molar-refractivity contribution in [3.8, 4) is 0 Å². The zero-order chi connectivity index (χ0) is 24.1. The highest BCUT2D eigenvalue weighted by atomic mass is 32.2. The summed E-state index contributed by atoms with van der Waals surface area (Å²) in [7, 11) is -1.98. The Morgan fingerprint density at radius 3 is 2.41 bits per heavy atom. The van der Waals surface area contributed by atoms with E-state index in [1.54, 1.807) is 0 Å². The standard InChI is InChI=1S/C24H27N5O4S/c1-28-16-5-8-22(28)27-34(32,33)20-11-9-19(10-12-20)25-23(30)13-14-24(31)29-17-15-21(26-29)18-6-3-2-4-7-18/h2-4,6-7,9-12H,5,8,13-17H2,1H3,(H,25,30)/b27-22+. The van der Waals surface area contributed by atoms with Gasteiger partial charge in [-0.25, -0.2) is 5.01 Å². The van der Waals surface area contributed by atoms with Crippen LogP contribution in [0.25, 0.3) is 0 Å². The molecule has 9 nitrogen and oxygen atoms in total. The normalized spacial score (nSPS) is 17.2. The lowest BCUT2D eigenvalue weighted by Crippen LogP contribution is -2.25. The number of hydrogen-bond acceptors (Lipinski definition) is 5. The van der Waals surface area contributed by atoms with Gasteiger partial charge in [-0.2, -0.15) is 13.5 Å². The lowest BCUT2D eigenvalue weighted by atomic mass is 10.1. The number of nitrogens with zero attached hydrogens (tertiary/aromatic N) is 4. The predicted octanol–water partition coefficient (Wildman–Crippen LogP) is 2.85. The molecule has 2 amide bonds. The molecule has 178 valence electrons. The number of benzene rings is 2. The van der Waals surface area contributed by atoms with Gasteiger partial charge in [-0.3, -0.25) is 9.59 Å². The molecule has 4 rings (SSSR count). The van der Waals surface area contributed by atoms with E-state index in [1.165, 1.54) is 29.3 Å². The second-order valence-electron chi connectivity index (χ2n) is 8.26. The molecule has 2 aromatic carbocycles. The molecule has 0 aromatic heterocycles. The summed E-state index contributed by atoms with van der Waals surface area (Å²) in [6, 6.07) is 15.6. The minimum Gasteiger partial charge on any atom is -0.362 e. The third-order valence-electron chi connectivity index (χ3n) is 5.76. The highest BCUT2D eigenvalue weighted by molar-refractivity contribution is 7.90. The van der Waals surface area contributed by atoms with Crippen LogP contribution >= 0.6 is 0 Å². The molecule has 34 heavy (non-hydrogen) atoms. The van der Waals surface area contributed by atoms with Crippen molar-refractivity contribution in [3.05, 3.63) is 60.2 Å². The number of hydrogen-bond donors (Lipinski definition) is 1. The van der Waals surface area contributed by atoms with Gasteiger partial charge in [0.25, 0.3) is 10.0 Å². The van der Waals surface area contributed by atoms with Crippen LogP contribution in [0.4, 0.5) is 5.69 Å². The average molecular weight is 482 g/mol. The van der Waals surface area contributed by atoms with Crippen LogP contribution < -0.4 is 5.32 Å². The first-order chi connectivity index (χ1) is 16.3. The number of nitrogens with one attached hydrogen (secondary N) is 1. The third-order valence-corrected chi connectivity index (χ3v) is 7.08. The van der Waals surface area contributed by atoms with Crippen LogP contribution in [-0.2, 0) is 19.6 Å². The second kappa shape index (κ2) is 10.2. The number of rotatable bonds is 7. The number of likely N-dealkylation sites (tertiary alicyclic amines) is 1. The SMILES string of the molecule is CN1CCC/C1=N\S(=O)(=O)c1ccc(NC(=O)CCC(=O)N2CCC(c3ccccc3)=N2)cc1. The molecule has 2 aliphatic rings. The van der Waals surface area contributed by atoms with E-state index >= 15 is 0 Å². The smallest absolute Gasteiger partial charge is 0.283 e. The van der Waals surface area contributed by atoms with Crippen LogP contribution in [0, 0.1) is 0 Å². The van der Waals surface area contributed by atoms with Crippen LogP contribution in [0.15, 0.2) is 69.0 Å². The van der Waals surface area contributed by atoms with Gasteiger partial charge in [0.1, 0.15) is 5.84 Å². The number of sulfonamides is 1. The van der Waals surface area contributed by atoms with Crippen LogP contribution in [0.3, 0.4) is 0 Å². The summed E-state index contributed by atoms with van der Waals surface area (Å²) in [6.07, 6.45) is 2.25. The Labute approximate surface area is 199 Å². The van der Waals surface area contributed by atoms with E-state index in [0.29, 0.717) is 30.9 Å². The summed E-state index contributed by atoms with van der Waals surface area (Å²) in [5.74, 6) is 0.0158. The molecule has 0 aliphatic carbocycles. The fourth-order valence-electron chi connectivity index (χ4n) is 3.85. The van der Waals surface area contributed by atoms with Crippen molar-refractivity contribution in [1.82, 2.24) is 9.91 Å². The van der Waals surface area contributed by atoms with Gasteiger partial charge in [0, 0.05) is 45.0 Å². The first-order valence-electron chi connectivity index (χ1n) is 11.2. The zero-order valence-electron chi connectivity index (χ0n) is 19.0. The van der Waals surface area contributed by atoms with Crippen molar-refractivity contribution in [1.29, 1.82) is 0 Å². The molecule has 1 saturated heterocycles. The van der Waals surface area contributed by atoms with Crippen molar-refractivity contribution in [3.63, 3.8) is 0 Å². The van der Waals surface area contributed by atoms with Gasteiger partial charge in [0.05, 0.1) is 17.2 Å². The third kappa shape index (κ3) is 5.69. The fourth-order valence-corrected chi connectivity index (χ4v) is 4.95. The Kier molecular flexibility index (Phi) is 7.06. The molecule has 0 saturated carbocycles. The topological polar surface area (TPSA) is 112 Å². The number of amides is 2. The van der Waals surface area contributed by atoms with Crippen molar-refractivity contribution >= 4 is 39.1 Å². The largest absolute Gasteiger partial charge is 0.362 e. The van der Waals surface area contributed by atoms with Gasteiger partial charge in [-0.15, -0.1) is 4.40 Å². The number of carbonyl (C=O) groups is 2. The van der Waals surface area contributed by atoms with Crippen LogP contribution in [0.2, 0.25) is 0 Å². The molecule has 0 bridgehead atoms. The lowest BCUT2D eigenvalue weighted by molar-refractivity contribution is -0.132. The van der Waals surface area contributed by atoms with Crippen molar-refractivity contribution in [2.45, 2.75) is 37.0 Å². The van der Waals surface area contributed by atoms with E-state index in [9.17, 15) is 18.0 Å². The number of anilines is 1. The van der Waals surface area contributed by atoms with E-state index in [4.69, 9.17) is 0 Å². The fraction of sp³-hybridized carbons (Fsp3) is 0.333. The van der Waals surface area contributed by atoms with Gasteiger partial charge in [0.2, 0.25) is 11.8 Å². The Morgan fingerprint density at radius 1 is 1.00 bits per heavy atom. The first-order valence-corrected chi connectivity index (χ1v) is 12.6. The summed E-state index contributed by atoms with van der Waals surface area (Å²) in [6.45, 7) is 1.29. The van der Waals surface area contributed by atoms with Gasteiger partial charge in [-0.1, -0.05) is 30.3 Å².